The predicted octanol–water partition coefficient (Wildman–Crippen LogP) is 3.19. The van der Waals surface area contributed by atoms with Crippen molar-refractivity contribution < 1.29 is 9.59 Å². The Bertz CT molecular complexity index is 564. The molecule has 4 heteroatoms. The molecule has 3 nitrogen and oxygen atoms in total. The number of carbonyl (C=O) groups is 2. The summed E-state index contributed by atoms with van der Waals surface area (Å²) in [5.41, 5.74) is 0.981. The van der Waals surface area contributed by atoms with E-state index < -0.39 is 0 Å². The van der Waals surface area contributed by atoms with Gasteiger partial charge >= 0.3 is 0 Å². The molecular formula is C14H10ClNO2. The fraction of sp³-hybridized carbons (Fsp3) is 0.0714. The zero-order valence-electron chi connectivity index (χ0n) is 9.47. The highest BCUT2D eigenvalue weighted by atomic mass is 35.5. The summed E-state index contributed by atoms with van der Waals surface area (Å²) in [5.74, 6) is -0.425. The summed E-state index contributed by atoms with van der Waals surface area (Å²) in [7, 11) is 0. The zero-order chi connectivity index (χ0) is 13.0. The van der Waals surface area contributed by atoms with Gasteiger partial charge in [-0.05, 0) is 36.4 Å². The van der Waals surface area contributed by atoms with Gasteiger partial charge in [0.1, 0.15) is 0 Å². The first-order valence-electron chi connectivity index (χ1n) is 5.39. The van der Waals surface area contributed by atoms with Gasteiger partial charge in [0.05, 0.1) is 6.42 Å². The second kappa shape index (κ2) is 5.56. The number of Topliss-reactive ketones (excluding diaryl/α,β-unsaturated/α-hetero) is 2. The van der Waals surface area contributed by atoms with Crippen LogP contribution in [-0.2, 0) is 0 Å². The van der Waals surface area contributed by atoms with Crippen LogP contribution in [0.4, 0.5) is 0 Å². The molecule has 0 saturated carbocycles. The van der Waals surface area contributed by atoms with Crippen molar-refractivity contribution in [2.45, 2.75) is 6.42 Å². The Labute approximate surface area is 109 Å². The Hall–Kier alpha value is -2.00. The Kier molecular flexibility index (Phi) is 3.85. The highest BCUT2D eigenvalue weighted by Crippen LogP contribution is 2.12. The van der Waals surface area contributed by atoms with Gasteiger partial charge in [-0.1, -0.05) is 11.6 Å². The average Bonchev–Trinajstić information content (AvgIpc) is 2.40. The van der Waals surface area contributed by atoms with Crippen molar-refractivity contribution in [3.8, 4) is 0 Å². The maximum atomic E-state index is 11.9. The monoisotopic (exact) mass is 259 g/mol. The van der Waals surface area contributed by atoms with Crippen LogP contribution >= 0.6 is 11.6 Å². The third kappa shape index (κ3) is 3.02. The van der Waals surface area contributed by atoms with Crippen molar-refractivity contribution in [2.75, 3.05) is 0 Å². The highest BCUT2D eigenvalue weighted by Gasteiger charge is 2.13. The van der Waals surface area contributed by atoms with E-state index in [1.54, 1.807) is 36.4 Å². The number of hydrogen-bond donors (Lipinski definition) is 0. The van der Waals surface area contributed by atoms with E-state index in [1.807, 2.05) is 0 Å². The van der Waals surface area contributed by atoms with Gasteiger partial charge in [-0.15, -0.1) is 0 Å². The second-order valence-corrected chi connectivity index (χ2v) is 4.20. The lowest BCUT2D eigenvalue weighted by Gasteiger charge is -2.01. The number of halogens is 1. The summed E-state index contributed by atoms with van der Waals surface area (Å²) in [5, 5.41) is 0.562. The summed E-state index contributed by atoms with van der Waals surface area (Å²) in [6.07, 6.45) is 2.91. The molecule has 0 aliphatic heterocycles. The number of carbonyl (C=O) groups excluding carboxylic acids is 2. The van der Waals surface area contributed by atoms with E-state index >= 15 is 0 Å². The van der Waals surface area contributed by atoms with Gasteiger partial charge < -0.3 is 0 Å². The fourth-order valence-corrected chi connectivity index (χ4v) is 1.65. The number of pyridine rings is 1. The molecule has 0 unspecified atom stereocenters. The van der Waals surface area contributed by atoms with Crippen LogP contribution in [0.15, 0.2) is 48.8 Å². The van der Waals surface area contributed by atoms with Crippen molar-refractivity contribution >= 4 is 23.2 Å². The van der Waals surface area contributed by atoms with Crippen LogP contribution in [0, 0.1) is 0 Å². The van der Waals surface area contributed by atoms with Crippen LogP contribution in [0.25, 0.3) is 0 Å². The van der Waals surface area contributed by atoms with Crippen LogP contribution in [0.5, 0.6) is 0 Å². The average molecular weight is 260 g/mol. The molecule has 0 fully saturated rings. The first kappa shape index (κ1) is 12.5. The first-order valence-corrected chi connectivity index (χ1v) is 5.76. The lowest BCUT2D eigenvalue weighted by molar-refractivity contribution is 0.0894. The normalized spacial score (nSPS) is 10.1. The number of ketones is 2. The number of nitrogens with zero attached hydrogens (tertiary/aromatic N) is 1. The molecule has 0 aliphatic carbocycles. The number of benzene rings is 1. The van der Waals surface area contributed by atoms with E-state index in [-0.39, 0.29) is 18.0 Å². The van der Waals surface area contributed by atoms with Crippen molar-refractivity contribution in [3.05, 3.63) is 64.9 Å². The Morgan fingerprint density at radius 3 is 1.94 bits per heavy atom. The minimum Gasteiger partial charge on any atom is -0.294 e. The van der Waals surface area contributed by atoms with Crippen LogP contribution in [0.2, 0.25) is 5.02 Å². The standard InChI is InChI=1S/C14H10ClNO2/c15-12-3-1-10(2-4-12)13(17)9-14(18)11-5-7-16-8-6-11/h1-8H,9H2. The first-order chi connectivity index (χ1) is 8.66. The molecular weight excluding hydrogens is 250 g/mol. The number of hydrogen-bond acceptors (Lipinski definition) is 3. The minimum absolute atomic E-state index is 0.147. The molecule has 2 rings (SSSR count). The molecule has 18 heavy (non-hydrogen) atoms. The van der Waals surface area contributed by atoms with E-state index in [0.717, 1.165) is 0 Å². The van der Waals surface area contributed by atoms with Gasteiger partial charge in [-0.3, -0.25) is 14.6 Å². The van der Waals surface area contributed by atoms with E-state index in [0.29, 0.717) is 16.1 Å². The third-order valence-corrected chi connectivity index (χ3v) is 2.74. The number of rotatable bonds is 4. The lowest BCUT2D eigenvalue weighted by atomic mass is 10.0. The molecule has 1 aromatic carbocycles. The SMILES string of the molecule is O=C(CC(=O)c1ccc(Cl)cc1)c1ccncc1. The molecule has 0 aliphatic rings. The molecule has 0 spiro atoms. The van der Waals surface area contributed by atoms with Gasteiger partial charge in [0.15, 0.2) is 11.6 Å². The molecule has 0 saturated heterocycles. The van der Waals surface area contributed by atoms with Crippen molar-refractivity contribution in [1.82, 2.24) is 4.98 Å². The summed E-state index contributed by atoms with van der Waals surface area (Å²) < 4.78 is 0. The van der Waals surface area contributed by atoms with Crippen LogP contribution < -0.4 is 0 Å². The molecule has 0 bridgehead atoms. The molecule has 1 aromatic heterocycles. The van der Waals surface area contributed by atoms with Gasteiger partial charge in [0.2, 0.25) is 0 Å². The maximum Gasteiger partial charge on any atom is 0.170 e. The van der Waals surface area contributed by atoms with E-state index in [4.69, 9.17) is 11.6 Å². The van der Waals surface area contributed by atoms with Crippen molar-refractivity contribution in [2.24, 2.45) is 0 Å². The third-order valence-electron chi connectivity index (χ3n) is 2.49. The second-order valence-electron chi connectivity index (χ2n) is 3.77. The number of aromatic nitrogens is 1. The smallest absolute Gasteiger partial charge is 0.170 e. The van der Waals surface area contributed by atoms with E-state index in [9.17, 15) is 9.59 Å². The Morgan fingerprint density at radius 1 is 0.889 bits per heavy atom. The van der Waals surface area contributed by atoms with Crippen LogP contribution in [-0.4, -0.2) is 16.6 Å². The van der Waals surface area contributed by atoms with Crippen LogP contribution in [0.3, 0.4) is 0 Å². The van der Waals surface area contributed by atoms with E-state index in [1.165, 1.54) is 12.4 Å². The summed E-state index contributed by atoms with van der Waals surface area (Å²) in [4.78, 5) is 27.5. The summed E-state index contributed by atoms with van der Waals surface area (Å²) in [6.45, 7) is 0. The van der Waals surface area contributed by atoms with E-state index in [2.05, 4.69) is 4.98 Å². The molecule has 0 N–H and O–H groups in total. The maximum absolute atomic E-state index is 11.9. The molecule has 1 heterocycles. The zero-order valence-corrected chi connectivity index (χ0v) is 10.2. The molecule has 90 valence electrons. The predicted molar refractivity (Wildman–Crippen MR) is 69.0 cm³/mol. The molecule has 0 atom stereocenters. The quantitative estimate of drug-likeness (QED) is 0.626. The lowest BCUT2D eigenvalue weighted by Crippen LogP contribution is -2.08. The van der Waals surface area contributed by atoms with Gasteiger partial charge in [-0.2, -0.15) is 0 Å². The van der Waals surface area contributed by atoms with Gasteiger partial charge in [0, 0.05) is 28.5 Å². The highest BCUT2D eigenvalue weighted by molar-refractivity contribution is 6.30. The van der Waals surface area contributed by atoms with Gasteiger partial charge in [0.25, 0.3) is 0 Å². The summed E-state index contributed by atoms with van der Waals surface area (Å²) in [6, 6.07) is 9.68. The molecule has 0 amide bonds. The molecule has 2 aromatic rings. The minimum atomic E-state index is -0.214. The van der Waals surface area contributed by atoms with Crippen LogP contribution in [0.1, 0.15) is 27.1 Å². The largest absolute Gasteiger partial charge is 0.294 e. The Balaban J connectivity index is 2.08. The van der Waals surface area contributed by atoms with Crippen molar-refractivity contribution in [3.63, 3.8) is 0 Å². The van der Waals surface area contributed by atoms with Gasteiger partial charge in [-0.25, -0.2) is 0 Å². The molecule has 0 radical (unpaired) electrons. The summed E-state index contributed by atoms with van der Waals surface area (Å²) >= 11 is 5.73. The Morgan fingerprint density at radius 2 is 1.39 bits per heavy atom. The van der Waals surface area contributed by atoms with Crippen molar-refractivity contribution in [1.29, 1.82) is 0 Å². The fourth-order valence-electron chi connectivity index (χ4n) is 1.52. The topological polar surface area (TPSA) is 47.0 Å².